The first-order valence-electron chi connectivity index (χ1n) is 6.89. The number of aromatic amines is 1. The van der Waals surface area contributed by atoms with Gasteiger partial charge in [0.05, 0.1) is 5.56 Å². The molecule has 0 saturated heterocycles. The van der Waals surface area contributed by atoms with Crippen LogP contribution in [-0.2, 0) is 11.3 Å². The third-order valence-electron chi connectivity index (χ3n) is 3.49. The van der Waals surface area contributed by atoms with Crippen molar-refractivity contribution in [1.29, 1.82) is 0 Å². The number of hydrogen-bond donors (Lipinski definition) is 2. The average molecular weight is 314 g/mol. The van der Waals surface area contributed by atoms with Crippen LogP contribution in [0.4, 0.5) is 8.78 Å². The Morgan fingerprint density at radius 2 is 1.87 bits per heavy atom. The molecule has 0 fully saturated rings. The molecule has 0 bridgehead atoms. The van der Waals surface area contributed by atoms with Gasteiger partial charge in [0.25, 0.3) is 11.7 Å². The normalized spacial score (nSPS) is 10.7. The van der Waals surface area contributed by atoms with Gasteiger partial charge in [-0.25, -0.2) is 8.78 Å². The molecule has 1 heterocycles. The van der Waals surface area contributed by atoms with Crippen molar-refractivity contribution in [3.05, 3.63) is 71.4 Å². The van der Waals surface area contributed by atoms with Gasteiger partial charge >= 0.3 is 0 Å². The molecular formula is C17H12F2N2O2. The molecule has 0 saturated carbocycles. The van der Waals surface area contributed by atoms with Crippen LogP contribution < -0.4 is 5.32 Å². The molecule has 1 aromatic heterocycles. The second-order valence-electron chi connectivity index (χ2n) is 5.00. The van der Waals surface area contributed by atoms with Crippen LogP contribution in [0.2, 0.25) is 0 Å². The van der Waals surface area contributed by atoms with Gasteiger partial charge in [0.2, 0.25) is 0 Å². The molecule has 6 heteroatoms. The first-order valence-corrected chi connectivity index (χ1v) is 6.89. The Bertz CT molecular complexity index is 902. The van der Waals surface area contributed by atoms with Crippen molar-refractivity contribution < 1.29 is 18.4 Å². The van der Waals surface area contributed by atoms with E-state index in [4.69, 9.17) is 0 Å². The van der Waals surface area contributed by atoms with Crippen molar-refractivity contribution in [2.45, 2.75) is 6.54 Å². The molecule has 3 rings (SSSR count). The Morgan fingerprint density at radius 3 is 2.65 bits per heavy atom. The minimum Gasteiger partial charge on any atom is -0.360 e. The standard InChI is InChI=1S/C17H12F2N2O2/c18-11-5-6-15-12(7-11)13(9-20-15)16(22)17(23)21-8-10-3-1-2-4-14(10)19/h1-7,9,20H,8H2,(H,21,23). The highest BCUT2D eigenvalue weighted by atomic mass is 19.1. The number of H-pyrrole nitrogens is 1. The number of amides is 1. The lowest BCUT2D eigenvalue weighted by Gasteiger charge is -2.05. The third kappa shape index (κ3) is 2.96. The average Bonchev–Trinajstić information content (AvgIpc) is 2.96. The Balaban J connectivity index is 1.78. The van der Waals surface area contributed by atoms with Crippen molar-refractivity contribution in [2.24, 2.45) is 0 Å². The maximum absolute atomic E-state index is 13.5. The third-order valence-corrected chi connectivity index (χ3v) is 3.49. The molecule has 0 aliphatic heterocycles. The van der Waals surface area contributed by atoms with E-state index in [2.05, 4.69) is 10.3 Å². The molecule has 2 N–H and O–H groups in total. The summed E-state index contributed by atoms with van der Waals surface area (Å²) in [6.45, 7) is -0.103. The zero-order valence-electron chi connectivity index (χ0n) is 11.9. The van der Waals surface area contributed by atoms with Gasteiger partial charge in [0.15, 0.2) is 0 Å². The van der Waals surface area contributed by atoms with Crippen molar-refractivity contribution in [3.63, 3.8) is 0 Å². The molecular weight excluding hydrogens is 302 g/mol. The number of Topliss-reactive ketones (excluding diaryl/α,β-unsaturated/α-hetero) is 1. The topological polar surface area (TPSA) is 62.0 Å². The van der Waals surface area contributed by atoms with Gasteiger partial charge in [-0.15, -0.1) is 0 Å². The van der Waals surface area contributed by atoms with E-state index in [0.29, 0.717) is 10.9 Å². The minimum atomic E-state index is -0.876. The fraction of sp³-hybridized carbons (Fsp3) is 0.0588. The smallest absolute Gasteiger partial charge is 0.292 e. The minimum absolute atomic E-state index is 0.0746. The number of rotatable bonds is 4. The molecule has 0 unspecified atom stereocenters. The number of halogens is 2. The van der Waals surface area contributed by atoms with E-state index in [1.54, 1.807) is 6.07 Å². The van der Waals surface area contributed by atoms with E-state index in [1.807, 2.05) is 0 Å². The van der Waals surface area contributed by atoms with Gasteiger partial charge in [0.1, 0.15) is 11.6 Å². The highest BCUT2D eigenvalue weighted by Gasteiger charge is 2.20. The van der Waals surface area contributed by atoms with E-state index in [-0.39, 0.29) is 17.7 Å². The number of ketones is 1. The van der Waals surface area contributed by atoms with Crippen molar-refractivity contribution in [1.82, 2.24) is 10.3 Å². The summed E-state index contributed by atoms with van der Waals surface area (Å²) < 4.78 is 26.8. The van der Waals surface area contributed by atoms with Crippen LogP contribution >= 0.6 is 0 Å². The SMILES string of the molecule is O=C(NCc1ccccc1F)C(=O)c1c[nH]c2ccc(F)cc12. The molecule has 2 aromatic carbocycles. The lowest BCUT2D eigenvalue weighted by atomic mass is 10.1. The maximum Gasteiger partial charge on any atom is 0.292 e. The Hall–Kier alpha value is -3.02. The molecule has 4 nitrogen and oxygen atoms in total. The van der Waals surface area contributed by atoms with Crippen LogP contribution in [0, 0.1) is 11.6 Å². The summed E-state index contributed by atoms with van der Waals surface area (Å²) in [6, 6.07) is 9.88. The fourth-order valence-electron chi connectivity index (χ4n) is 2.30. The molecule has 0 spiro atoms. The van der Waals surface area contributed by atoms with Crippen LogP contribution in [0.15, 0.2) is 48.7 Å². The number of hydrogen-bond acceptors (Lipinski definition) is 2. The summed E-state index contributed by atoms with van der Waals surface area (Å²) in [6.07, 6.45) is 1.36. The molecule has 3 aromatic rings. The Labute approximate surface area is 130 Å². The number of carbonyl (C=O) groups excluding carboxylic acids is 2. The van der Waals surface area contributed by atoms with Crippen LogP contribution in [0.3, 0.4) is 0 Å². The van der Waals surface area contributed by atoms with Crippen molar-refractivity contribution in [2.75, 3.05) is 0 Å². The van der Waals surface area contributed by atoms with Crippen molar-refractivity contribution in [3.8, 4) is 0 Å². The van der Waals surface area contributed by atoms with Gasteiger partial charge in [-0.1, -0.05) is 18.2 Å². The Morgan fingerprint density at radius 1 is 1.09 bits per heavy atom. The molecule has 0 aliphatic carbocycles. The van der Waals surface area contributed by atoms with Crippen LogP contribution in [0.1, 0.15) is 15.9 Å². The second kappa shape index (κ2) is 6.00. The largest absolute Gasteiger partial charge is 0.360 e. The van der Waals surface area contributed by atoms with Crippen LogP contribution in [0.5, 0.6) is 0 Å². The van der Waals surface area contributed by atoms with Crippen LogP contribution in [-0.4, -0.2) is 16.7 Å². The van der Waals surface area contributed by atoms with Gasteiger partial charge < -0.3 is 10.3 Å². The first kappa shape index (κ1) is 14.9. The van der Waals surface area contributed by atoms with E-state index in [9.17, 15) is 18.4 Å². The molecule has 0 radical (unpaired) electrons. The maximum atomic E-state index is 13.5. The molecule has 0 atom stereocenters. The number of aromatic nitrogens is 1. The number of carbonyl (C=O) groups is 2. The Kier molecular flexibility index (Phi) is 3.89. The summed E-state index contributed by atoms with van der Waals surface area (Å²) >= 11 is 0. The van der Waals surface area contributed by atoms with Gasteiger partial charge in [-0.2, -0.15) is 0 Å². The zero-order chi connectivity index (χ0) is 16.4. The molecule has 1 amide bonds. The zero-order valence-corrected chi connectivity index (χ0v) is 11.9. The second-order valence-corrected chi connectivity index (χ2v) is 5.00. The van der Waals surface area contributed by atoms with Crippen molar-refractivity contribution >= 4 is 22.6 Å². The predicted octanol–water partition coefficient (Wildman–Crippen LogP) is 2.95. The summed E-state index contributed by atoms with van der Waals surface area (Å²) in [5.41, 5.74) is 0.904. The van der Waals surface area contributed by atoms with Gasteiger partial charge in [-0.05, 0) is 24.3 Å². The summed E-state index contributed by atoms with van der Waals surface area (Å²) in [4.78, 5) is 27.0. The lowest BCUT2D eigenvalue weighted by molar-refractivity contribution is -0.117. The number of fused-ring (bicyclic) bond motifs is 1. The van der Waals surface area contributed by atoms with E-state index in [1.165, 1.54) is 42.6 Å². The molecule has 23 heavy (non-hydrogen) atoms. The monoisotopic (exact) mass is 314 g/mol. The first-order chi connectivity index (χ1) is 11.1. The number of benzene rings is 2. The van der Waals surface area contributed by atoms with E-state index >= 15 is 0 Å². The van der Waals surface area contributed by atoms with Gasteiger partial charge in [-0.3, -0.25) is 9.59 Å². The lowest BCUT2D eigenvalue weighted by Crippen LogP contribution is -2.30. The molecule has 116 valence electrons. The quantitative estimate of drug-likeness (QED) is 0.574. The highest BCUT2D eigenvalue weighted by molar-refractivity contribution is 6.44. The molecule has 0 aliphatic rings. The fourth-order valence-corrected chi connectivity index (χ4v) is 2.30. The van der Waals surface area contributed by atoms with Crippen LogP contribution in [0.25, 0.3) is 10.9 Å². The highest BCUT2D eigenvalue weighted by Crippen LogP contribution is 2.20. The number of nitrogens with one attached hydrogen (secondary N) is 2. The van der Waals surface area contributed by atoms with Gasteiger partial charge in [0, 0.05) is 29.2 Å². The summed E-state index contributed by atoms with van der Waals surface area (Å²) in [7, 11) is 0. The predicted molar refractivity (Wildman–Crippen MR) is 80.8 cm³/mol. The summed E-state index contributed by atoms with van der Waals surface area (Å²) in [5, 5.41) is 2.70. The van der Waals surface area contributed by atoms with E-state index in [0.717, 1.165) is 0 Å². The van der Waals surface area contributed by atoms with E-state index < -0.39 is 23.3 Å². The summed E-state index contributed by atoms with van der Waals surface area (Å²) in [5.74, 6) is -2.65.